The van der Waals surface area contributed by atoms with Crippen LogP contribution in [0.4, 0.5) is 0 Å². The highest BCUT2D eigenvalue weighted by Crippen LogP contribution is 2.15. The number of azo groups is 1. The summed E-state index contributed by atoms with van der Waals surface area (Å²) >= 11 is 3.39. The molecular formula is C18H19BrN2O3. The number of esters is 1. The van der Waals surface area contributed by atoms with E-state index in [0.717, 1.165) is 10.0 Å². The van der Waals surface area contributed by atoms with Crippen molar-refractivity contribution in [3.63, 3.8) is 0 Å². The summed E-state index contributed by atoms with van der Waals surface area (Å²) in [6.07, 6.45) is 0.174. The fourth-order valence-electron chi connectivity index (χ4n) is 1.95. The van der Waals surface area contributed by atoms with Gasteiger partial charge in [-0.25, -0.2) is 4.79 Å². The SMILES string of the molecule is CC(O)(CCOC(=O)c1ccccc1)/N=N/Cc1cccc(Br)c1. The minimum Gasteiger partial charge on any atom is -0.462 e. The predicted octanol–water partition coefficient (Wildman–Crippen LogP) is 4.36. The summed E-state index contributed by atoms with van der Waals surface area (Å²) in [5, 5.41) is 18.1. The van der Waals surface area contributed by atoms with Crippen molar-refractivity contribution in [2.24, 2.45) is 10.2 Å². The number of aliphatic hydroxyl groups is 1. The Hall–Kier alpha value is -2.05. The van der Waals surface area contributed by atoms with Gasteiger partial charge in [-0.1, -0.05) is 46.3 Å². The van der Waals surface area contributed by atoms with Crippen LogP contribution in [0.25, 0.3) is 0 Å². The highest BCUT2D eigenvalue weighted by Gasteiger charge is 2.20. The minimum absolute atomic E-state index is 0.0661. The highest BCUT2D eigenvalue weighted by atomic mass is 79.9. The largest absolute Gasteiger partial charge is 0.462 e. The van der Waals surface area contributed by atoms with Gasteiger partial charge in [0.1, 0.15) is 0 Å². The van der Waals surface area contributed by atoms with Gasteiger partial charge in [0.25, 0.3) is 0 Å². The lowest BCUT2D eigenvalue weighted by atomic mass is 10.2. The Morgan fingerprint density at radius 3 is 2.67 bits per heavy atom. The highest BCUT2D eigenvalue weighted by molar-refractivity contribution is 9.10. The number of ether oxygens (including phenoxy) is 1. The normalized spacial score (nSPS) is 13.6. The average molecular weight is 391 g/mol. The molecule has 2 aromatic carbocycles. The molecule has 0 bridgehead atoms. The molecule has 0 aliphatic rings. The third-order valence-electron chi connectivity index (χ3n) is 3.25. The van der Waals surface area contributed by atoms with E-state index in [1.165, 1.54) is 6.92 Å². The van der Waals surface area contributed by atoms with Crippen molar-refractivity contribution < 1.29 is 14.6 Å². The second-order valence-electron chi connectivity index (χ2n) is 5.50. The van der Waals surface area contributed by atoms with Gasteiger partial charge >= 0.3 is 5.97 Å². The van der Waals surface area contributed by atoms with E-state index < -0.39 is 11.7 Å². The van der Waals surface area contributed by atoms with Crippen molar-refractivity contribution >= 4 is 21.9 Å². The van der Waals surface area contributed by atoms with Crippen molar-refractivity contribution in [1.82, 2.24) is 0 Å². The van der Waals surface area contributed by atoms with E-state index in [-0.39, 0.29) is 13.0 Å². The maximum Gasteiger partial charge on any atom is 0.338 e. The van der Waals surface area contributed by atoms with Gasteiger partial charge in [0.15, 0.2) is 5.72 Å². The van der Waals surface area contributed by atoms with Gasteiger partial charge in [-0.3, -0.25) is 0 Å². The molecule has 0 saturated carbocycles. The number of carbonyl (C=O) groups excluding carboxylic acids is 1. The summed E-state index contributed by atoms with van der Waals surface area (Å²) < 4.78 is 6.10. The lowest BCUT2D eigenvalue weighted by molar-refractivity contribution is 0.0156. The van der Waals surface area contributed by atoms with Crippen molar-refractivity contribution in [3.8, 4) is 0 Å². The molecule has 0 saturated heterocycles. The standard InChI is InChI=1S/C18H19BrN2O3/c1-18(23,21-20-13-14-6-5-9-16(19)12-14)10-11-24-17(22)15-7-3-2-4-8-15/h2-9,12,23H,10-11,13H2,1H3/b21-20+. The van der Waals surface area contributed by atoms with Crippen LogP contribution in [-0.2, 0) is 11.3 Å². The summed E-state index contributed by atoms with van der Waals surface area (Å²) in [6.45, 7) is 1.98. The van der Waals surface area contributed by atoms with Gasteiger partial charge in [-0.05, 0) is 36.8 Å². The zero-order valence-corrected chi connectivity index (χ0v) is 14.9. The number of hydrogen-bond donors (Lipinski definition) is 1. The number of halogens is 1. The zero-order valence-electron chi connectivity index (χ0n) is 13.4. The summed E-state index contributed by atoms with van der Waals surface area (Å²) in [5.41, 5.74) is 0.0936. The third kappa shape index (κ3) is 6.22. The Labute approximate surface area is 149 Å². The van der Waals surface area contributed by atoms with Crippen molar-refractivity contribution in [1.29, 1.82) is 0 Å². The second kappa shape index (κ2) is 8.70. The molecule has 0 radical (unpaired) electrons. The number of nitrogens with zero attached hydrogens (tertiary/aromatic N) is 2. The van der Waals surface area contributed by atoms with Crippen LogP contribution < -0.4 is 0 Å². The molecular weight excluding hydrogens is 372 g/mol. The van der Waals surface area contributed by atoms with Gasteiger partial charge < -0.3 is 9.84 Å². The molecule has 24 heavy (non-hydrogen) atoms. The van der Waals surface area contributed by atoms with E-state index in [9.17, 15) is 9.90 Å². The number of rotatable bonds is 7. The van der Waals surface area contributed by atoms with Gasteiger partial charge in [-0.15, -0.1) is 0 Å². The summed E-state index contributed by atoms with van der Waals surface area (Å²) in [6, 6.07) is 16.4. The van der Waals surface area contributed by atoms with E-state index in [2.05, 4.69) is 26.2 Å². The van der Waals surface area contributed by atoms with Gasteiger partial charge in [-0.2, -0.15) is 10.2 Å². The van der Waals surface area contributed by atoms with Crippen LogP contribution in [0, 0.1) is 0 Å². The molecule has 0 fully saturated rings. The lowest BCUT2D eigenvalue weighted by Crippen LogP contribution is -2.23. The molecule has 1 N–H and O–H groups in total. The molecule has 0 amide bonds. The quantitative estimate of drug-likeness (QED) is 0.563. The fraction of sp³-hybridized carbons (Fsp3) is 0.278. The Balaban J connectivity index is 1.78. The van der Waals surface area contributed by atoms with E-state index in [1.54, 1.807) is 24.3 Å². The molecule has 0 spiro atoms. The molecule has 1 unspecified atom stereocenters. The Kier molecular flexibility index (Phi) is 6.63. The molecule has 0 heterocycles. The first kappa shape index (κ1) is 18.3. The molecule has 126 valence electrons. The monoisotopic (exact) mass is 390 g/mol. The van der Waals surface area contributed by atoms with Gasteiger partial charge in [0, 0.05) is 10.9 Å². The van der Waals surface area contributed by atoms with Crippen molar-refractivity contribution in [2.75, 3.05) is 6.61 Å². The second-order valence-corrected chi connectivity index (χ2v) is 6.41. The van der Waals surface area contributed by atoms with Gasteiger partial charge in [0.2, 0.25) is 0 Å². The number of hydrogen-bond acceptors (Lipinski definition) is 5. The predicted molar refractivity (Wildman–Crippen MR) is 94.7 cm³/mol. The number of benzene rings is 2. The van der Waals surface area contributed by atoms with Crippen molar-refractivity contribution in [2.45, 2.75) is 25.6 Å². The first-order valence-corrected chi connectivity index (χ1v) is 8.33. The maximum absolute atomic E-state index is 11.8. The van der Waals surface area contributed by atoms with Crippen LogP contribution in [0.1, 0.15) is 29.3 Å². The first-order valence-electron chi connectivity index (χ1n) is 7.54. The molecule has 1 atom stereocenters. The van der Waals surface area contributed by atoms with Crippen LogP contribution >= 0.6 is 15.9 Å². The van der Waals surface area contributed by atoms with Crippen LogP contribution in [0.2, 0.25) is 0 Å². The van der Waals surface area contributed by atoms with Crippen LogP contribution in [0.5, 0.6) is 0 Å². The first-order chi connectivity index (χ1) is 11.5. The molecule has 6 heteroatoms. The Morgan fingerprint density at radius 2 is 1.96 bits per heavy atom. The maximum atomic E-state index is 11.8. The van der Waals surface area contributed by atoms with Crippen LogP contribution in [-0.4, -0.2) is 23.4 Å². The van der Waals surface area contributed by atoms with Gasteiger partial charge in [0.05, 0.1) is 18.7 Å². The van der Waals surface area contributed by atoms with E-state index in [0.29, 0.717) is 12.1 Å². The Bertz CT molecular complexity index is 702. The molecule has 2 rings (SSSR count). The molecule has 2 aromatic rings. The topological polar surface area (TPSA) is 71.2 Å². The third-order valence-corrected chi connectivity index (χ3v) is 3.74. The summed E-state index contributed by atoms with van der Waals surface area (Å²) in [4.78, 5) is 11.8. The Morgan fingerprint density at radius 1 is 1.21 bits per heavy atom. The van der Waals surface area contributed by atoms with Crippen LogP contribution in [0.3, 0.4) is 0 Å². The number of carbonyl (C=O) groups is 1. The smallest absolute Gasteiger partial charge is 0.338 e. The summed E-state index contributed by atoms with van der Waals surface area (Å²) in [5.74, 6) is -0.419. The lowest BCUT2D eigenvalue weighted by Gasteiger charge is -2.16. The molecule has 0 aromatic heterocycles. The average Bonchev–Trinajstić information content (AvgIpc) is 2.55. The fourth-order valence-corrected chi connectivity index (χ4v) is 2.40. The minimum atomic E-state index is -1.37. The molecule has 0 aliphatic carbocycles. The van der Waals surface area contributed by atoms with Crippen LogP contribution in [0.15, 0.2) is 69.3 Å². The molecule has 5 nitrogen and oxygen atoms in total. The zero-order chi connectivity index (χ0) is 17.4. The van der Waals surface area contributed by atoms with E-state index in [1.807, 2.05) is 30.3 Å². The van der Waals surface area contributed by atoms with E-state index >= 15 is 0 Å². The van der Waals surface area contributed by atoms with E-state index in [4.69, 9.17) is 4.74 Å². The van der Waals surface area contributed by atoms with Crippen molar-refractivity contribution in [3.05, 3.63) is 70.2 Å². The summed E-state index contributed by atoms with van der Waals surface area (Å²) in [7, 11) is 0. The molecule has 0 aliphatic heterocycles.